The van der Waals surface area contributed by atoms with Crippen LogP contribution >= 0.6 is 0 Å². The smallest absolute Gasteiger partial charge is 0.244 e. The maximum atomic E-state index is 9.77. The molecule has 0 saturated heterocycles. The van der Waals surface area contributed by atoms with Gasteiger partial charge in [0, 0.05) is 5.56 Å². The van der Waals surface area contributed by atoms with Gasteiger partial charge in [-0.3, -0.25) is 5.10 Å². The normalized spacial score (nSPS) is 15.6. The number of nitrogens with one attached hydrogen (secondary N) is 1. The topological polar surface area (TPSA) is 108 Å². The first kappa shape index (κ1) is 16.9. The van der Waals surface area contributed by atoms with Gasteiger partial charge < -0.3 is 15.6 Å². The van der Waals surface area contributed by atoms with Crippen molar-refractivity contribution in [2.75, 3.05) is 0 Å². The molecule has 0 fully saturated rings. The molecular formula is C23H16N4O2. The van der Waals surface area contributed by atoms with Gasteiger partial charge in [-0.05, 0) is 34.5 Å². The van der Waals surface area contributed by atoms with Crippen LogP contribution in [0.25, 0.3) is 22.0 Å². The minimum atomic E-state index is -0.454. The molecule has 0 aliphatic carbocycles. The number of benzene rings is 3. The minimum absolute atomic E-state index is 0.0367. The molecule has 2 heterocycles. The van der Waals surface area contributed by atoms with Crippen LogP contribution in [0.2, 0.25) is 0 Å². The predicted molar refractivity (Wildman–Crippen MR) is 109 cm³/mol. The number of rotatable bonds is 2. The first-order valence-corrected chi connectivity index (χ1v) is 9.09. The molecule has 0 bridgehead atoms. The fourth-order valence-electron chi connectivity index (χ4n) is 3.81. The maximum absolute atomic E-state index is 9.77. The van der Waals surface area contributed by atoms with Crippen LogP contribution in [0, 0.1) is 11.3 Å². The molecule has 140 valence electrons. The van der Waals surface area contributed by atoms with Gasteiger partial charge in [-0.2, -0.15) is 5.26 Å². The summed E-state index contributed by atoms with van der Waals surface area (Å²) in [7, 11) is 0. The molecule has 29 heavy (non-hydrogen) atoms. The molecule has 1 aliphatic heterocycles. The van der Waals surface area contributed by atoms with E-state index in [4.69, 9.17) is 10.5 Å². The molecule has 0 saturated carbocycles. The van der Waals surface area contributed by atoms with Crippen molar-refractivity contribution in [3.8, 4) is 29.0 Å². The Morgan fingerprint density at radius 1 is 1.03 bits per heavy atom. The number of hydrogen-bond donors (Lipinski definition) is 3. The van der Waals surface area contributed by atoms with Crippen LogP contribution in [0.5, 0.6) is 11.6 Å². The summed E-state index contributed by atoms with van der Waals surface area (Å²) in [5.74, 6) is 0.0837. The fourth-order valence-corrected chi connectivity index (χ4v) is 3.81. The molecule has 3 aromatic carbocycles. The van der Waals surface area contributed by atoms with Crippen LogP contribution in [0.4, 0.5) is 0 Å². The number of aromatic amines is 1. The zero-order valence-corrected chi connectivity index (χ0v) is 15.3. The molecule has 0 spiro atoms. The Kier molecular flexibility index (Phi) is 3.75. The van der Waals surface area contributed by atoms with Gasteiger partial charge in [-0.25, -0.2) is 0 Å². The van der Waals surface area contributed by atoms with Crippen LogP contribution in [-0.2, 0) is 0 Å². The van der Waals surface area contributed by atoms with Crippen molar-refractivity contribution >= 4 is 10.8 Å². The van der Waals surface area contributed by atoms with E-state index >= 15 is 0 Å². The summed E-state index contributed by atoms with van der Waals surface area (Å²) in [6, 6.07) is 23.1. The van der Waals surface area contributed by atoms with Crippen molar-refractivity contribution in [1.29, 1.82) is 5.26 Å². The van der Waals surface area contributed by atoms with Crippen molar-refractivity contribution in [2.45, 2.75) is 5.92 Å². The summed E-state index contributed by atoms with van der Waals surface area (Å²) in [5.41, 5.74) is 9.59. The number of H-pyrrole nitrogens is 1. The van der Waals surface area contributed by atoms with Crippen molar-refractivity contribution in [3.63, 3.8) is 0 Å². The third-order valence-corrected chi connectivity index (χ3v) is 5.20. The quantitative estimate of drug-likeness (QED) is 0.484. The number of aromatic hydroxyl groups is 1. The second kappa shape index (κ2) is 6.43. The third-order valence-electron chi connectivity index (χ3n) is 5.20. The first-order valence-electron chi connectivity index (χ1n) is 9.09. The molecule has 1 aromatic heterocycles. The van der Waals surface area contributed by atoms with Crippen molar-refractivity contribution < 1.29 is 9.84 Å². The van der Waals surface area contributed by atoms with Gasteiger partial charge in [-0.1, -0.05) is 48.5 Å². The second-order valence-electron chi connectivity index (χ2n) is 6.90. The number of nitrogens with two attached hydrogens (primary N) is 1. The van der Waals surface area contributed by atoms with E-state index in [2.05, 4.69) is 28.4 Å². The third kappa shape index (κ3) is 2.68. The van der Waals surface area contributed by atoms with E-state index in [-0.39, 0.29) is 11.6 Å². The van der Waals surface area contributed by atoms with Crippen LogP contribution in [0.3, 0.4) is 0 Å². The Balaban J connectivity index is 1.73. The van der Waals surface area contributed by atoms with E-state index in [0.29, 0.717) is 11.5 Å². The highest BCUT2D eigenvalue weighted by atomic mass is 16.5. The zero-order valence-electron chi connectivity index (χ0n) is 15.3. The maximum Gasteiger partial charge on any atom is 0.244 e. The van der Waals surface area contributed by atoms with Gasteiger partial charge in [0.15, 0.2) is 0 Å². The number of ether oxygens (including phenoxy) is 1. The minimum Gasteiger partial charge on any atom is -0.508 e. The van der Waals surface area contributed by atoms with Gasteiger partial charge in [-0.15, -0.1) is 5.10 Å². The van der Waals surface area contributed by atoms with Crippen LogP contribution in [0.1, 0.15) is 17.0 Å². The van der Waals surface area contributed by atoms with E-state index in [0.717, 1.165) is 33.2 Å². The Morgan fingerprint density at radius 2 is 1.79 bits per heavy atom. The highest BCUT2D eigenvalue weighted by Gasteiger charge is 2.35. The lowest BCUT2D eigenvalue weighted by atomic mass is 9.83. The van der Waals surface area contributed by atoms with Gasteiger partial charge in [0.2, 0.25) is 11.8 Å². The number of nitriles is 1. The largest absolute Gasteiger partial charge is 0.508 e. The highest BCUT2D eigenvalue weighted by Crippen LogP contribution is 2.46. The van der Waals surface area contributed by atoms with E-state index in [1.165, 1.54) is 0 Å². The lowest BCUT2D eigenvalue weighted by molar-refractivity contribution is 0.379. The number of allylic oxidation sites excluding steroid dienone is 1. The Hall–Kier alpha value is -4.24. The first-order chi connectivity index (χ1) is 14.2. The zero-order chi connectivity index (χ0) is 20.0. The number of hydrogen-bond acceptors (Lipinski definition) is 5. The molecule has 6 nitrogen and oxygen atoms in total. The number of fused-ring (bicyclic) bond motifs is 2. The molecule has 5 rings (SSSR count). The summed E-state index contributed by atoms with van der Waals surface area (Å²) in [6.45, 7) is 0. The number of phenolic OH excluding ortho intramolecular Hbond substituents is 1. The molecule has 1 aliphatic rings. The van der Waals surface area contributed by atoms with Crippen LogP contribution in [0.15, 0.2) is 78.2 Å². The van der Waals surface area contributed by atoms with Crippen LogP contribution < -0.4 is 10.5 Å². The average Bonchev–Trinajstić information content (AvgIpc) is 3.16. The Morgan fingerprint density at radius 3 is 2.55 bits per heavy atom. The van der Waals surface area contributed by atoms with Crippen molar-refractivity contribution in [1.82, 2.24) is 10.2 Å². The van der Waals surface area contributed by atoms with Crippen molar-refractivity contribution in [2.24, 2.45) is 5.73 Å². The summed E-state index contributed by atoms with van der Waals surface area (Å²) in [5, 5.41) is 29.0. The Bertz CT molecular complexity index is 1310. The van der Waals surface area contributed by atoms with E-state index in [1.54, 1.807) is 24.3 Å². The van der Waals surface area contributed by atoms with Crippen molar-refractivity contribution in [3.05, 3.63) is 89.3 Å². The van der Waals surface area contributed by atoms with E-state index in [9.17, 15) is 10.4 Å². The SMILES string of the molecule is N#CC1=C(N)Oc2n[nH]c(-c3ccc4ccccc4c3)c2[C@@H]1c1ccc(O)cc1. The molecule has 1 atom stereocenters. The molecule has 0 radical (unpaired) electrons. The standard InChI is InChI=1S/C23H16N4O2/c24-12-18-19(14-7-9-17(28)10-8-14)20-21(26-27-23(20)29-22(18)25)16-6-5-13-3-1-2-4-15(13)11-16/h1-11,19,28H,25H2,(H,26,27)/t19-/m1/s1. The van der Waals surface area contributed by atoms with Gasteiger partial charge in [0.25, 0.3) is 0 Å². The lowest BCUT2D eigenvalue weighted by Crippen LogP contribution is -2.20. The van der Waals surface area contributed by atoms with Gasteiger partial charge >= 0.3 is 0 Å². The van der Waals surface area contributed by atoms with Gasteiger partial charge in [0.1, 0.15) is 17.4 Å². The molecule has 4 aromatic rings. The van der Waals surface area contributed by atoms with E-state index < -0.39 is 5.92 Å². The summed E-state index contributed by atoms with van der Waals surface area (Å²) < 4.78 is 5.64. The van der Waals surface area contributed by atoms with Gasteiger partial charge in [0.05, 0.1) is 17.2 Å². The fraction of sp³-hybridized carbons (Fsp3) is 0.0435. The predicted octanol–water partition coefficient (Wildman–Crippen LogP) is 4.15. The molecule has 4 N–H and O–H groups in total. The molecule has 6 heteroatoms. The van der Waals surface area contributed by atoms with Crippen LogP contribution in [-0.4, -0.2) is 15.3 Å². The second-order valence-corrected chi connectivity index (χ2v) is 6.90. The number of phenols is 1. The lowest BCUT2D eigenvalue weighted by Gasteiger charge is -2.24. The summed E-state index contributed by atoms with van der Waals surface area (Å²) in [6.07, 6.45) is 0. The Labute approximate surface area is 166 Å². The monoisotopic (exact) mass is 380 g/mol. The molecular weight excluding hydrogens is 364 g/mol. The van der Waals surface area contributed by atoms with E-state index in [1.807, 2.05) is 30.3 Å². The molecule has 0 unspecified atom stereocenters. The highest BCUT2D eigenvalue weighted by molar-refractivity contribution is 5.87. The average molecular weight is 380 g/mol. The summed E-state index contributed by atoms with van der Waals surface area (Å²) >= 11 is 0. The molecule has 0 amide bonds. The number of nitrogens with zero attached hydrogens (tertiary/aromatic N) is 2. The summed E-state index contributed by atoms with van der Waals surface area (Å²) in [4.78, 5) is 0. The number of aromatic nitrogens is 2.